The minimum Gasteiger partial charge on any atom is -0.493 e. The number of rotatable bonds is 7. The molecule has 0 aliphatic rings. The highest BCUT2D eigenvalue weighted by Crippen LogP contribution is 2.37. The first-order chi connectivity index (χ1) is 10.1. The maximum Gasteiger partial charge on any atom is 0.180 e. The Morgan fingerprint density at radius 2 is 2.24 bits per heavy atom. The van der Waals surface area contributed by atoms with E-state index in [1.807, 2.05) is 12.1 Å². The summed E-state index contributed by atoms with van der Waals surface area (Å²) in [6.45, 7) is 2.29. The zero-order chi connectivity index (χ0) is 15.2. The molecular weight excluding hydrogens is 292 g/mol. The molecule has 1 aromatic heterocycles. The Balaban J connectivity index is 2.16. The van der Waals surface area contributed by atoms with Crippen molar-refractivity contribution in [3.8, 4) is 11.5 Å². The second kappa shape index (κ2) is 7.33. The molecule has 1 aromatic carbocycles. The van der Waals surface area contributed by atoms with E-state index in [-0.39, 0.29) is 12.6 Å². The van der Waals surface area contributed by atoms with Gasteiger partial charge >= 0.3 is 0 Å². The molecule has 0 aliphatic heterocycles. The van der Waals surface area contributed by atoms with Crippen molar-refractivity contribution in [2.45, 2.75) is 32.4 Å². The number of nitrogens with two attached hydrogens (primary N) is 1. The highest BCUT2D eigenvalue weighted by molar-refractivity contribution is 6.32. The van der Waals surface area contributed by atoms with Crippen LogP contribution >= 0.6 is 11.6 Å². The lowest BCUT2D eigenvalue weighted by molar-refractivity contribution is 0.239. The predicted octanol–water partition coefficient (Wildman–Crippen LogP) is 3.20. The number of halogens is 1. The first-order valence-corrected chi connectivity index (χ1v) is 7.16. The molecule has 1 atom stereocenters. The van der Waals surface area contributed by atoms with Crippen molar-refractivity contribution in [1.29, 1.82) is 0 Å². The molecule has 0 spiro atoms. The number of nitrogens with zero attached hydrogens (tertiary/aromatic N) is 1. The highest BCUT2D eigenvalue weighted by Gasteiger charge is 2.14. The fourth-order valence-corrected chi connectivity index (χ4v) is 2.23. The lowest BCUT2D eigenvalue weighted by atomic mass is 10.0. The van der Waals surface area contributed by atoms with Crippen LogP contribution in [0.1, 0.15) is 24.7 Å². The van der Waals surface area contributed by atoms with Crippen LogP contribution < -0.4 is 15.2 Å². The Bertz CT molecular complexity index is 573. The third-order valence-electron chi connectivity index (χ3n) is 3.16. The molecule has 0 bridgehead atoms. The van der Waals surface area contributed by atoms with Gasteiger partial charge in [-0.1, -0.05) is 23.7 Å². The van der Waals surface area contributed by atoms with Crippen LogP contribution in [0.4, 0.5) is 0 Å². The summed E-state index contributed by atoms with van der Waals surface area (Å²) in [5.41, 5.74) is 7.00. The summed E-state index contributed by atoms with van der Waals surface area (Å²) in [4.78, 5) is 0. The van der Waals surface area contributed by atoms with Gasteiger partial charge in [0.25, 0.3) is 0 Å². The fourth-order valence-electron chi connectivity index (χ4n) is 1.94. The van der Waals surface area contributed by atoms with Crippen LogP contribution in [-0.2, 0) is 13.0 Å². The average molecular weight is 311 g/mol. The zero-order valence-electron chi connectivity index (χ0n) is 12.1. The number of hydrogen-bond donors (Lipinski definition) is 1. The normalized spacial score (nSPS) is 12.2. The van der Waals surface area contributed by atoms with E-state index in [0.717, 1.165) is 18.4 Å². The summed E-state index contributed by atoms with van der Waals surface area (Å²) in [5, 5.41) is 4.12. The number of aromatic nitrogens is 1. The summed E-state index contributed by atoms with van der Waals surface area (Å²) in [5.74, 6) is 1.69. The first kappa shape index (κ1) is 15.7. The quantitative estimate of drug-likeness (QED) is 0.850. The Morgan fingerprint density at radius 1 is 1.43 bits per heavy atom. The van der Waals surface area contributed by atoms with E-state index in [1.54, 1.807) is 19.4 Å². The third kappa shape index (κ3) is 4.12. The Morgan fingerprint density at radius 3 is 2.86 bits per heavy atom. The van der Waals surface area contributed by atoms with Gasteiger partial charge in [-0.05, 0) is 30.5 Å². The van der Waals surface area contributed by atoms with Crippen molar-refractivity contribution < 1.29 is 14.0 Å². The van der Waals surface area contributed by atoms with Crippen LogP contribution in [0.25, 0.3) is 0 Å². The van der Waals surface area contributed by atoms with Crippen LogP contribution in [0, 0.1) is 0 Å². The van der Waals surface area contributed by atoms with Crippen LogP contribution in [0.15, 0.2) is 28.9 Å². The summed E-state index contributed by atoms with van der Waals surface area (Å²) >= 11 is 6.29. The molecule has 0 amide bonds. The van der Waals surface area contributed by atoms with Gasteiger partial charge in [0.05, 0.1) is 18.3 Å². The van der Waals surface area contributed by atoms with Gasteiger partial charge in [-0.2, -0.15) is 0 Å². The van der Waals surface area contributed by atoms with Crippen molar-refractivity contribution in [1.82, 2.24) is 5.16 Å². The summed E-state index contributed by atoms with van der Waals surface area (Å²) < 4.78 is 16.0. The van der Waals surface area contributed by atoms with E-state index in [2.05, 4.69) is 12.1 Å². The van der Waals surface area contributed by atoms with Gasteiger partial charge in [0.1, 0.15) is 6.61 Å². The molecule has 0 radical (unpaired) electrons. The minimum atomic E-state index is 0.103. The Kier molecular flexibility index (Phi) is 5.47. The van der Waals surface area contributed by atoms with Gasteiger partial charge in [-0.3, -0.25) is 0 Å². The van der Waals surface area contributed by atoms with Gasteiger partial charge < -0.3 is 19.7 Å². The topological polar surface area (TPSA) is 70.5 Å². The molecule has 1 heterocycles. The average Bonchev–Trinajstić information content (AvgIpc) is 2.98. The van der Waals surface area contributed by atoms with Crippen molar-refractivity contribution in [2.75, 3.05) is 7.11 Å². The molecule has 1 unspecified atom stereocenters. The van der Waals surface area contributed by atoms with Crippen LogP contribution in [0.5, 0.6) is 11.5 Å². The van der Waals surface area contributed by atoms with Gasteiger partial charge in [0.2, 0.25) is 0 Å². The molecule has 114 valence electrons. The minimum absolute atomic E-state index is 0.103. The second-order valence-corrected chi connectivity index (χ2v) is 5.16. The van der Waals surface area contributed by atoms with Crippen molar-refractivity contribution >= 4 is 11.6 Å². The molecule has 0 fully saturated rings. The molecule has 0 saturated carbocycles. The number of methoxy groups -OCH3 is 1. The third-order valence-corrected chi connectivity index (χ3v) is 3.44. The van der Waals surface area contributed by atoms with Crippen molar-refractivity contribution in [2.24, 2.45) is 5.73 Å². The molecule has 6 heteroatoms. The van der Waals surface area contributed by atoms with Gasteiger partial charge in [-0.15, -0.1) is 0 Å². The largest absolute Gasteiger partial charge is 0.493 e. The van der Waals surface area contributed by atoms with Gasteiger partial charge in [-0.25, -0.2) is 0 Å². The standard InChI is InChI=1S/C15H19ClN2O3/c1-3-11(17)6-10-7-13(16)15(14(8-10)19-2)20-9-12-4-5-18-21-12/h4-5,7-8,11H,3,6,9,17H2,1-2H3. The SMILES string of the molecule is CCC(N)Cc1cc(Cl)c(OCc2ccno2)c(OC)c1. The summed E-state index contributed by atoms with van der Waals surface area (Å²) in [6, 6.07) is 5.59. The van der Waals surface area contributed by atoms with Gasteiger partial charge in [0.15, 0.2) is 17.3 Å². The van der Waals surface area contributed by atoms with Crippen LogP contribution in [0.3, 0.4) is 0 Å². The van der Waals surface area contributed by atoms with E-state index < -0.39 is 0 Å². The van der Waals surface area contributed by atoms with Crippen LogP contribution in [0.2, 0.25) is 5.02 Å². The van der Waals surface area contributed by atoms with E-state index in [4.69, 9.17) is 31.3 Å². The fraction of sp³-hybridized carbons (Fsp3) is 0.400. The highest BCUT2D eigenvalue weighted by atomic mass is 35.5. The summed E-state index contributed by atoms with van der Waals surface area (Å²) in [7, 11) is 1.58. The lowest BCUT2D eigenvalue weighted by Crippen LogP contribution is -2.21. The molecule has 21 heavy (non-hydrogen) atoms. The lowest BCUT2D eigenvalue weighted by Gasteiger charge is -2.15. The Hall–Kier alpha value is -1.72. The van der Waals surface area contributed by atoms with Crippen molar-refractivity contribution in [3.05, 3.63) is 40.7 Å². The Labute approximate surface area is 129 Å². The van der Waals surface area contributed by atoms with Crippen molar-refractivity contribution in [3.63, 3.8) is 0 Å². The molecule has 2 N–H and O–H groups in total. The van der Waals surface area contributed by atoms with E-state index in [0.29, 0.717) is 22.3 Å². The molecule has 2 rings (SSSR count). The maximum absolute atomic E-state index is 6.29. The summed E-state index contributed by atoms with van der Waals surface area (Å²) in [6.07, 6.45) is 3.21. The molecule has 2 aromatic rings. The predicted molar refractivity (Wildman–Crippen MR) is 80.8 cm³/mol. The number of hydrogen-bond acceptors (Lipinski definition) is 5. The van der Waals surface area contributed by atoms with E-state index in [9.17, 15) is 0 Å². The zero-order valence-corrected chi connectivity index (χ0v) is 12.9. The van der Waals surface area contributed by atoms with Crippen LogP contribution in [-0.4, -0.2) is 18.3 Å². The number of benzene rings is 1. The monoisotopic (exact) mass is 310 g/mol. The van der Waals surface area contributed by atoms with Gasteiger partial charge in [0, 0.05) is 12.1 Å². The maximum atomic E-state index is 6.29. The smallest absolute Gasteiger partial charge is 0.180 e. The number of ether oxygens (including phenoxy) is 2. The van der Waals surface area contributed by atoms with E-state index >= 15 is 0 Å². The van der Waals surface area contributed by atoms with E-state index in [1.165, 1.54) is 0 Å². The molecule has 0 aliphatic carbocycles. The molecule has 0 saturated heterocycles. The first-order valence-electron chi connectivity index (χ1n) is 6.78. The molecule has 5 nitrogen and oxygen atoms in total. The molecular formula is C15H19ClN2O3. The second-order valence-electron chi connectivity index (χ2n) is 4.75.